The van der Waals surface area contributed by atoms with Crippen molar-refractivity contribution in [1.29, 1.82) is 0 Å². The number of hydrogen-bond acceptors (Lipinski definition) is 4. The molecule has 33 heavy (non-hydrogen) atoms. The molecule has 0 fully saturated rings. The van der Waals surface area contributed by atoms with E-state index in [1.54, 1.807) is 36.4 Å². The Morgan fingerprint density at radius 2 is 1.67 bits per heavy atom. The number of halogens is 1. The number of amides is 2. The second-order valence-electron chi connectivity index (χ2n) is 8.54. The van der Waals surface area contributed by atoms with Gasteiger partial charge in [0.15, 0.2) is 0 Å². The van der Waals surface area contributed by atoms with Gasteiger partial charge in [-0.05, 0) is 65.3 Å². The molecule has 176 valence electrons. The minimum absolute atomic E-state index is 0.0578. The van der Waals surface area contributed by atoms with Crippen molar-refractivity contribution in [2.24, 2.45) is 0 Å². The van der Waals surface area contributed by atoms with Gasteiger partial charge in [-0.2, -0.15) is 11.8 Å². The molecular formula is C25H29ClN2O4S. The molecule has 2 rings (SSSR count). The molecule has 0 heterocycles. The monoisotopic (exact) mass is 488 g/mol. The summed E-state index contributed by atoms with van der Waals surface area (Å²) in [6.45, 7) is 6.24. The van der Waals surface area contributed by atoms with Gasteiger partial charge in [-0.15, -0.1) is 0 Å². The van der Waals surface area contributed by atoms with Crippen molar-refractivity contribution in [2.75, 3.05) is 12.0 Å². The minimum Gasteiger partial charge on any atom is -0.480 e. The van der Waals surface area contributed by atoms with Crippen LogP contribution in [0.1, 0.15) is 48.7 Å². The lowest BCUT2D eigenvalue weighted by Crippen LogP contribution is -2.44. The van der Waals surface area contributed by atoms with Crippen LogP contribution in [0.5, 0.6) is 0 Å². The Kier molecular flexibility index (Phi) is 9.56. The Balaban J connectivity index is 2.30. The van der Waals surface area contributed by atoms with Crippen LogP contribution < -0.4 is 10.6 Å². The summed E-state index contributed by atoms with van der Waals surface area (Å²) in [5.74, 6) is -1.72. The van der Waals surface area contributed by atoms with Crippen LogP contribution in [0.2, 0.25) is 5.02 Å². The van der Waals surface area contributed by atoms with Crippen LogP contribution in [0, 0.1) is 0 Å². The summed E-state index contributed by atoms with van der Waals surface area (Å²) < 4.78 is 0. The number of carbonyl (C=O) groups excluding carboxylic acids is 2. The molecule has 0 aromatic heterocycles. The van der Waals surface area contributed by atoms with Crippen LogP contribution in [0.4, 0.5) is 0 Å². The Labute approximate surface area is 203 Å². The van der Waals surface area contributed by atoms with Crippen LogP contribution in [0.15, 0.2) is 54.2 Å². The van der Waals surface area contributed by atoms with E-state index in [9.17, 15) is 19.5 Å². The molecule has 2 aromatic carbocycles. The normalized spacial score (nSPS) is 12.7. The highest BCUT2D eigenvalue weighted by atomic mass is 35.5. The number of thioether (sulfide) groups is 1. The van der Waals surface area contributed by atoms with E-state index in [0.717, 1.165) is 5.56 Å². The molecule has 0 bridgehead atoms. The smallest absolute Gasteiger partial charge is 0.326 e. The Bertz CT molecular complexity index is 1010. The summed E-state index contributed by atoms with van der Waals surface area (Å²) in [5.41, 5.74) is 1.97. The lowest BCUT2D eigenvalue weighted by molar-refractivity contribution is -0.141. The van der Waals surface area contributed by atoms with Gasteiger partial charge in [0.2, 0.25) is 0 Å². The van der Waals surface area contributed by atoms with Gasteiger partial charge in [0, 0.05) is 10.6 Å². The number of aliphatic carboxylic acids is 1. The third-order valence-corrected chi connectivity index (χ3v) is 5.80. The number of benzene rings is 2. The average Bonchev–Trinajstić information content (AvgIpc) is 2.76. The molecule has 1 atom stereocenters. The Morgan fingerprint density at radius 1 is 1.06 bits per heavy atom. The zero-order valence-electron chi connectivity index (χ0n) is 19.1. The first-order valence-electron chi connectivity index (χ1n) is 10.4. The number of nitrogens with one attached hydrogen (secondary N) is 2. The summed E-state index contributed by atoms with van der Waals surface area (Å²) in [7, 11) is 0. The average molecular weight is 489 g/mol. The molecule has 0 saturated heterocycles. The van der Waals surface area contributed by atoms with E-state index in [1.807, 2.05) is 18.4 Å². The van der Waals surface area contributed by atoms with E-state index in [0.29, 0.717) is 21.9 Å². The van der Waals surface area contributed by atoms with Crippen LogP contribution in [-0.4, -0.2) is 40.9 Å². The first-order valence-corrected chi connectivity index (χ1v) is 12.2. The van der Waals surface area contributed by atoms with Crippen molar-refractivity contribution in [3.05, 3.63) is 75.9 Å². The van der Waals surface area contributed by atoms with Crippen LogP contribution in [0.3, 0.4) is 0 Å². The van der Waals surface area contributed by atoms with Crippen molar-refractivity contribution in [3.63, 3.8) is 0 Å². The molecule has 2 amide bonds. The lowest BCUT2D eigenvalue weighted by Gasteiger charge is -2.19. The molecule has 0 spiro atoms. The van der Waals surface area contributed by atoms with Crippen LogP contribution in [-0.2, 0) is 15.0 Å². The Hall–Kier alpha value is -2.77. The minimum atomic E-state index is -1.13. The van der Waals surface area contributed by atoms with Crippen molar-refractivity contribution < 1.29 is 19.5 Å². The summed E-state index contributed by atoms with van der Waals surface area (Å²) in [5, 5.41) is 15.1. The summed E-state index contributed by atoms with van der Waals surface area (Å²) >= 11 is 7.42. The van der Waals surface area contributed by atoms with E-state index in [-0.39, 0.29) is 17.5 Å². The van der Waals surface area contributed by atoms with Gasteiger partial charge in [0.25, 0.3) is 11.8 Å². The van der Waals surface area contributed by atoms with Gasteiger partial charge >= 0.3 is 5.97 Å². The maximum Gasteiger partial charge on any atom is 0.326 e. The highest BCUT2D eigenvalue weighted by Crippen LogP contribution is 2.22. The molecule has 0 aliphatic heterocycles. The topological polar surface area (TPSA) is 95.5 Å². The van der Waals surface area contributed by atoms with Crippen molar-refractivity contribution >= 4 is 47.2 Å². The van der Waals surface area contributed by atoms with Crippen molar-refractivity contribution in [2.45, 2.75) is 38.6 Å². The SMILES string of the molecule is CSCC[C@@H](NC(=O)/C(=C\c1ccc(Cl)cc1)NC(=O)c1ccc(C(C)(C)C)cc1)C(=O)O. The fourth-order valence-electron chi connectivity index (χ4n) is 2.93. The lowest BCUT2D eigenvalue weighted by atomic mass is 9.87. The van der Waals surface area contributed by atoms with Gasteiger partial charge < -0.3 is 15.7 Å². The predicted octanol–water partition coefficient (Wildman–Crippen LogP) is 4.73. The number of hydrogen-bond donors (Lipinski definition) is 3. The fraction of sp³-hybridized carbons (Fsp3) is 0.320. The fourth-order valence-corrected chi connectivity index (χ4v) is 3.53. The zero-order valence-corrected chi connectivity index (χ0v) is 20.7. The van der Waals surface area contributed by atoms with Gasteiger partial charge in [0.05, 0.1) is 0 Å². The number of carbonyl (C=O) groups is 3. The van der Waals surface area contributed by atoms with Gasteiger partial charge in [-0.1, -0.05) is 56.6 Å². The Morgan fingerprint density at radius 3 is 2.18 bits per heavy atom. The molecular weight excluding hydrogens is 460 g/mol. The van der Waals surface area contributed by atoms with Crippen LogP contribution in [0.25, 0.3) is 6.08 Å². The second kappa shape index (κ2) is 11.9. The third-order valence-electron chi connectivity index (χ3n) is 4.90. The maximum absolute atomic E-state index is 13.0. The standard InChI is InChI=1S/C25H29ClN2O4S/c1-25(2,3)18-9-7-17(8-10-18)22(29)28-21(15-16-5-11-19(26)12-6-16)23(30)27-20(24(31)32)13-14-33-4/h5-12,15,20H,13-14H2,1-4H3,(H,27,30)(H,28,29)(H,31,32)/b21-15+/t20-/m1/s1. The molecule has 0 unspecified atom stereocenters. The van der Waals surface area contributed by atoms with Gasteiger partial charge in [0.1, 0.15) is 11.7 Å². The van der Waals surface area contributed by atoms with E-state index in [2.05, 4.69) is 31.4 Å². The molecule has 0 aliphatic rings. The molecule has 0 aliphatic carbocycles. The van der Waals surface area contributed by atoms with E-state index in [4.69, 9.17) is 11.6 Å². The van der Waals surface area contributed by atoms with Crippen molar-refractivity contribution in [1.82, 2.24) is 10.6 Å². The summed E-state index contributed by atoms with van der Waals surface area (Å²) in [6.07, 6.45) is 3.61. The summed E-state index contributed by atoms with van der Waals surface area (Å²) in [4.78, 5) is 37.4. The molecule has 2 aromatic rings. The molecule has 0 saturated carbocycles. The molecule has 8 heteroatoms. The third kappa shape index (κ3) is 8.26. The van der Waals surface area contributed by atoms with Crippen LogP contribution >= 0.6 is 23.4 Å². The predicted molar refractivity (Wildman–Crippen MR) is 135 cm³/mol. The number of carboxylic acids is 1. The number of rotatable bonds is 9. The second-order valence-corrected chi connectivity index (χ2v) is 9.96. The molecule has 3 N–H and O–H groups in total. The van der Waals surface area contributed by atoms with Gasteiger partial charge in [-0.3, -0.25) is 9.59 Å². The van der Waals surface area contributed by atoms with Gasteiger partial charge in [-0.25, -0.2) is 4.79 Å². The zero-order chi connectivity index (χ0) is 24.6. The summed E-state index contributed by atoms with van der Waals surface area (Å²) in [6, 6.07) is 12.8. The van der Waals surface area contributed by atoms with E-state index < -0.39 is 23.8 Å². The quantitative estimate of drug-likeness (QED) is 0.443. The molecule has 6 nitrogen and oxygen atoms in total. The first-order chi connectivity index (χ1) is 15.5. The maximum atomic E-state index is 13.0. The van der Waals surface area contributed by atoms with E-state index >= 15 is 0 Å². The molecule has 0 radical (unpaired) electrons. The highest BCUT2D eigenvalue weighted by Gasteiger charge is 2.23. The van der Waals surface area contributed by atoms with Crippen molar-refractivity contribution in [3.8, 4) is 0 Å². The first kappa shape index (κ1) is 26.5. The number of carboxylic acid groups (broad SMARTS) is 1. The van der Waals surface area contributed by atoms with E-state index in [1.165, 1.54) is 17.8 Å². The highest BCUT2D eigenvalue weighted by molar-refractivity contribution is 7.98. The largest absolute Gasteiger partial charge is 0.480 e.